The second-order valence-corrected chi connectivity index (χ2v) is 6.89. The molecule has 0 bridgehead atoms. The van der Waals surface area contributed by atoms with Gasteiger partial charge in [0.1, 0.15) is 0 Å². The van der Waals surface area contributed by atoms with Gasteiger partial charge in [-0.25, -0.2) is 0 Å². The average molecular weight is 286 g/mol. The number of hydrogen-bond acceptors (Lipinski definition) is 4. The van der Waals surface area contributed by atoms with Crippen LogP contribution in [-0.2, 0) is 16.8 Å². The van der Waals surface area contributed by atoms with Crippen molar-refractivity contribution in [2.45, 2.75) is 6.54 Å². The molecule has 0 N–H and O–H groups in total. The molecule has 1 heterocycles. The number of hydrogen-bond donors (Lipinski definition) is 0. The van der Waals surface area contributed by atoms with Crippen molar-refractivity contribution < 1.29 is 8.42 Å². The first-order valence-electron chi connectivity index (χ1n) is 6.06. The Morgan fingerprint density at radius 3 is 2.26 bits per heavy atom. The van der Waals surface area contributed by atoms with E-state index in [0.717, 1.165) is 5.69 Å². The maximum atomic E-state index is 12.3. The number of nitrogens with zero attached hydrogens (tertiary/aromatic N) is 4. The first-order valence-corrected chi connectivity index (χ1v) is 7.46. The zero-order valence-corrected chi connectivity index (χ0v) is 12.8. The summed E-state index contributed by atoms with van der Waals surface area (Å²) in [6.45, 7) is 1.39. The van der Waals surface area contributed by atoms with Crippen LogP contribution >= 0.6 is 0 Å². The van der Waals surface area contributed by atoms with Gasteiger partial charge in [-0.2, -0.15) is 17.0 Å². The molecule has 0 atom stereocenters. The highest BCUT2D eigenvalue weighted by Crippen LogP contribution is 2.09. The van der Waals surface area contributed by atoms with E-state index in [0.29, 0.717) is 13.1 Å². The van der Waals surface area contributed by atoms with Gasteiger partial charge in [0.05, 0.1) is 12.2 Å². The highest BCUT2D eigenvalue weighted by Gasteiger charge is 2.24. The Morgan fingerprint density at radius 1 is 1.11 bits per heavy atom. The molecule has 108 valence electrons. The quantitative estimate of drug-likeness (QED) is 0.721. The highest BCUT2D eigenvalue weighted by atomic mass is 32.2. The summed E-state index contributed by atoms with van der Waals surface area (Å²) in [4.78, 5) is 6.14. The molecule has 0 saturated heterocycles. The Labute approximate surface area is 115 Å². The molecular weight excluding hydrogens is 264 g/mol. The molecule has 0 amide bonds. The van der Waals surface area contributed by atoms with Crippen LogP contribution in [0.2, 0.25) is 0 Å². The summed E-state index contributed by atoms with van der Waals surface area (Å²) >= 11 is 0. The Morgan fingerprint density at radius 2 is 1.79 bits per heavy atom. The first-order chi connectivity index (χ1) is 8.84. The summed E-state index contributed by atoms with van der Waals surface area (Å²) in [5.41, 5.74) is 0.742. The average Bonchev–Trinajstić information content (AvgIpc) is 2.35. The van der Waals surface area contributed by atoms with E-state index in [9.17, 15) is 8.42 Å². The predicted molar refractivity (Wildman–Crippen MR) is 75.8 cm³/mol. The summed E-state index contributed by atoms with van der Waals surface area (Å²) in [7, 11) is 3.48. The third-order valence-electron chi connectivity index (χ3n) is 2.65. The number of rotatable bonds is 7. The molecule has 0 fully saturated rings. The van der Waals surface area contributed by atoms with Gasteiger partial charge in [-0.05, 0) is 26.2 Å². The van der Waals surface area contributed by atoms with Crippen molar-refractivity contribution in [3.8, 4) is 0 Å². The third kappa shape index (κ3) is 4.87. The molecule has 1 aromatic rings. The van der Waals surface area contributed by atoms with E-state index < -0.39 is 10.2 Å². The van der Waals surface area contributed by atoms with E-state index in [1.807, 2.05) is 37.2 Å². The van der Waals surface area contributed by atoms with Crippen molar-refractivity contribution in [3.63, 3.8) is 0 Å². The molecule has 6 nitrogen and oxygen atoms in total. The fourth-order valence-corrected chi connectivity index (χ4v) is 2.56. The van der Waals surface area contributed by atoms with E-state index in [1.165, 1.54) is 22.7 Å². The summed E-state index contributed by atoms with van der Waals surface area (Å²) in [5.74, 6) is 0. The van der Waals surface area contributed by atoms with Gasteiger partial charge in [0.2, 0.25) is 0 Å². The van der Waals surface area contributed by atoms with Crippen molar-refractivity contribution in [3.05, 3.63) is 30.1 Å². The minimum Gasteiger partial charge on any atom is -0.308 e. The first kappa shape index (κ1) is 16.0. The van der Waals surface area contributed by atoms with Crippen LogP contribution in [0.15, 0.2) is 24.4 Å². The van der Waals surface area contributed by atoms with Crippen LogP contribution in [-0.4, -0.2) is 68.2 Å². The molecular formula is C12H22N4O2S. The standard InChI is InChI=1S/C12H22N4O2S/c1-14(2)9-10-16(19(17,18)15(3)4)11-12-7-5-6-8-13-12/h5-8H,9-11H2,1-4H3. The van der Waals surface area contributed by atoms with Crippen LogP contribution in [0.1, 0.15) is 5.69 Å². The van der Waals surface area contributed by atoms with E-state index in [1.54, 1.807) is 6.20 Å². The van der Waals surface area contributed by atoms with Gasteiger partial charge < -0.3 is 4.90 Å². The molecule has 0 aliphatic heterocycles. The summed E-state index contributed by atoms with van der Waals surface area (Å²) in [6.07, 6.45) is 1.67. The monoisotopic (exact) mass is 286 g/mol. The molecule has 1 rings (SSSR count). The fraction of sp³-hybridized carbons (Fsp3) is 0.583. The van der Waals surface area contributed by atoms with Crippen LogP contribution in [0.4, 0.5) is 0 Å². The molecule has 0 unspecified atom stereocenters. The van der Waals surface area contributed by atoms with Crippen LogP contribution in [0.25, 0.3) is 0 Å². The minimum atomic E-state index is -3.43. The maximum absolute atomic E-state index is 12.3. The van der Waals surface area contributed by atoms with Crippen molar-refractivity contribution in [1.82, 2.24) is 18.5 Å². The highest BCUT2D eigenvalue weighted by molar-refractivity contribution is 7.86. The molecule has 7 heteroatoms. The Bertz CT molecular complexity index is 474. The molecule has 0 aliphatic carbocycles. The minimum absolute atomic E-state index is 0.287. The molecule has 0 radical (unpaired) electrons. The molecule has 0 saturated carbocycles. The van der Waals surface area contributed by atoms with Crippen LogP contribution < -0.4 is 0 Å². The SMILES string of the molecule is CN(C)CCN(Cc1ccccn1)S(=O)(=O)N(C)C. The van der Waals surface area contributed by atoms with Crippen molar-refractivity contribution in [1.29, 1.82) is 0 Å². The fourth-order valence-electron chi connectivity index (χ4n) is 1.49. The lowest BCUT2D eigenvalue weighted by Crippen LogP contribution is -2.42. The Balaban J connectivity index is 2.87. The second-order valence-electron chi connectivity index (χ2n) is 4.75. The topological polar surface area (TPSA) is 56.8 Å². The normalized spacial score (nSPS) is 12.6. The molecule has 19 heavy (non-hydrogen) atoms. The summed E-state index contributed by atoms with van der Waals surface area (Å²) in [6, 6.07) is 5.50. The predicted octanol–water partition coefficient (Wildman–Crippen LogP) is 0.252. The third-order valence-corrected chi connectivity index (χ3v) is 4.54. The van der Waals surface area contributed by atoms with E-state index in [2.05, 4.69) is 4.98 Å². The Kier molecular flexibility index (Phi) is 5.86. The van der Waals surface area contributed by atoms with Gasteiger partial charge in [-0.15, -0.1) is 0 Å². The van der Waals surface area contributed by atoms with Crippen LogP contribution in [0.5, 0.6) is 0 Å². The van der Waals surface area contributed by atoms with Gasteiger partial charge in [-0.1, -0.05) is 6.07 Å². The summed E-state index contributed by atoms with van der Waals surface area (Å²) in [5, 5.41) is 0. The lowest BCUT2D eigenvalue weighted by molar-refractivity contribution is 0.313. The second kappa shape index (κ2) is 6.95. The smallest absolute Gasteiger partial charge is 0.281 e. The van der Waals surface area contributed by atoms with E-state index in [4.69, 9.17) is 0 Å². The molecule has 0 aromatic carbocycles. The van der Waals surface area contributed by atoms with Crippen molar-refractivity contribution in [2.75, 3.05) is 41.3 Å². The zero-order chi connectivity index (χ0) is 14.5. The number of likely N-dealkylation sites (N-methyl/N-ethyl adjacent to an activating group) is 1. The van der Waals surface area contributed by atoms with E-state index >= 15 is 0 Å². The van der Waals surface area contributed by atoms with Crippen molar-refractivity contribution >= 4 is 10.2 Å². The van der Waals surface area contributed by atoms with Gasteiger partial charge in [0.25, 0.3) is 10.2 Å². The lowest BCUT2D eigenvalue weighted by Gasteiger charge is -2.26. The Hall–Kier alpha value is -1.02. The lowest BCUT2D eigenvalue weighted by atomic mass is 10.3. The number of aromatic nitrogens is 1. The molecule has 0 aliphatic rings. The molecule has 1 aromatic heterocycles. The summed E-state index contributed by atoms with van der Waals surface area (Å²) < 4.78 is 27.2. The maximum Gasteiger partial charge on any atom is 0.281 e. The van der Waals surface area contributed by atoms with Crippen molar-refractivity contribution in [2.24, 2.45) is 0 Å². The zero-order valence-electron chi connectivity index (χ0n) is 11.9. The largest absolute Gasteiger partial charge is 0.308 e. The van der Waals surface area contributed by atoms with Gasteiger partial charge in [0.15, 0.2) is 0 Å². The van der Waals surface area contributed by atoms with Gasteiger partial charge >= 0.3 is 0 Å². The van der Waals surface area contributed by atoms with Gasteiger partial charge in [-0.3, -0.25) is 4.98 Å². The molecule has 0 spiro atoms. The van der Waals surface area contributed by atoms with E-state index in [-0.39, 0.29) is 6.54 Å². The van der Waals surface area contributed by atoms with Crippen LogP contribution in [0.3, 0.4) is 0 Å². The van der Waals surface area contributed by atoms with Crippen LogP contribution in [0, 0.1) is 0 Å². The van der Waals surface area contributed by atoms with Gasteiger partial charge in [0, 0.05) is 33.4 Å². The number of pyridine rings is 1.